The minimum absolute atomic E-state index is 0. The van der Waals surface area contributed by atoms with E-state index in [0.29, 0.717) is 55.1 Å². The van der Waals surface area contributed by atoms with Crippen molar-refractivity contribution in [2.75, 3.05) is 65.8 Å². The third kappa shape index (κ3) is 12.9. The Morgan fingerprint density at radius 3 is 2.36 bits per heavy atom. The lowest BCUT2D eigenvalue weighted by atomic mass is 10.1. The lowest BCUT2D eigenvalue weighted by Gasteiger charge is -2.33. The van der Waals surface area contributed by atoms with Crippen LogP contribution in [0.25, 0.3) is 22.4 Å². The largest absolute Gasteiger partial charge is 0.493 e. The van der Waals surface area contributed by atoms with Gasteiger partial charge in [-0.25, -0.2) is 13.4 Å². The number of carbonyl (C=O) groups is 1. The summed E-state index contributed by atoms with van der Waals surface area (Å²) >= 11 is 0. The van der Waals surface area contributed by atoms with Gasteiger partial charge >= 0.3 is 5.97 Å². The molecule has 55 heavy (non-hydrogen) atoms. The van der Waals surface area contributed by atoms with Crippen molar-refractivity contribution in [3.05, 3.63) is 60.5 Å². The van der Waals surface area contributed by atoms with E-state index >= 15 is 0 Å². The predicted octanol–water partition coefficient (Wildman–Crippen LogP) is 3.04. The number of aryl methyl sites for hydroxylation is 2. The van der Waals surface area contributed by atoms with Crippen LogP contribution >= 0.6 is 24.8 Å². The number of nitrogens with zero attached hydrogens (tertiary/aromatic N) is 6. The van der Waals surface area contributed by atoms with Crippen LogP contribution in [0.1, 0.15) is 45.6 Å². The van der Waals surface area contributed by atoms with Crippen LogP contribution in [0.5, 0.6) is 5.75 Å². The van der Waals surface area contributed by atoms with Gasteiger partial charge in [-0.05, 0) is 43.5 Å². The zero-order chi connectivity index (χ0) is 38.5. The number of fused-ring (bicyclic) bond motifs is 1. The summed E-state index contributed by atoms with van der Waals surface area (Å²) in [5.74, 6) is 0.0286. The van der Waals surface area contributed by atoms with Crippen molar-refractivity contribution in [3.63, 3.8) is 0 Å². The molecule has 4 rings (SSSR count). The molecule has 0 radical (unpaired) electrons. The first-order chi connectivity index (χ1) is 25.4. The van der Waals surface area contributed by atoms with E-state index in [2.05, 4.69) is 14.7 Å². The van der Waals surface area contributed by atoms with Crippen LogP contribution in [-0.4, -0.2) is 120 Å². The van der Waals surface area contributed by atoms with Gasteiger partial charge in [-0.1, -0.05) is 20.3 Å². The number of benzene rings is 1. The zero-order valence-corrected chi connectivity index (χ0v) is 33.2. The van der Waals surface area contributed by atoms with Crippen LogP contribution in [-0.2, 0) is 46.9 Å². The number of aromatic amines is 1. The van der Waals surface area contributed by atoms with Gasteiger partial charge in [-0.15, -0.1) is 45.0 Å². The second kappa shape index (κ2) is 22.3. The number of esters is 1. The van der Waals surface area contributed by atoms with E-state index < -0.39 is 45.5 Å². The first-order valence-corrected chi connectivity index (χ1v) is 18.7. The molecule has 308 valence electrons. The van der Waals surface area contributed by atoms with Crippen LogP contribution < -0.4 is 10.3 Å². The maximum absolute atomic E-state index is 13.9. The summed E-state index contributed by atoms with van der Waals surface area (Å²) in [6.45, 7) is 7.14. The number of hydrogen-bond acceptors (Lipinski definition) is 15. The number of H-pyrrole nitrogens is 1. The normalized spacial score (nSPS) is 14.0. The Kier molecular flexibility index (Phi) is 19.0. The molecule has 0 bridgehead atoms. The molecule has 1 saturated heterocycles. The Morgan fingerprint density at radius 1 is 1.00 bits per heavy atom. The lowest BCUT2D eigenvalue weighted by Crippen LogP contribution is -2.49. The number of halogens is 2. The summed E-state index contributed by atoms with van der Waals surface area (Å²) in [4.78, 5) is 64.3. The Balaban J connectivity index is 0.00000523. The Hall–Kier alpha value is -4.28. The monoisotopic (exact) mass is 839 g/mol. The molecule has 3 heterocycles. The van der Waals surface area contributed by atoms with Crippen molar-refractivity contribution < 1.29 is 47.3 Å². The van der Waals surface area contributed by atoms with E-state index in [4.69, 9.17) is 19.2 Å². The molecule has 0 aliphatic carbocycles. The molecule has 0 saturated carbocycles. The van der Waals surface area contributed by atoms with Gasteiger partial charge in [-0.3, -0.25) is 14.5 Å². The minimum Gasteiger partial charge on any atom is -0.493 e. The lowest BCUT2D eigenvalue weighted by molar-refractivity contribution is -0.790. The average Bonchev–Trinajstić information content (AvgIpc) is 3.49. The number of nitrogens with one attached hydrogen (secondary N) is 1. The standard InChI is InChI=1S/C32H45N7O13S.2ClH/c1-4-7-23-20-36(6-3)30-29(23)33-31(34-32(30)41)26-19-25(8-9-27(26)49-16-5-2)53(46,47)37-13-11-35(12-14-37)15-18-50-28(40)10-17-48-21-24(52-39(44)45)22-51-38(42)43;;/h8-9,19-20,24H,4-7,10-18,21-22H2,1-3H3,(H,33,34,41);2*1H/t24-;;/m0../s1. The average molecular weight is 841 g/mol. The van der Waals surface area contributed by atoms with Gasteiger partial charge in [0.15, 0.2) is 6.10 Å². The molecule has 1 aromatic carbocycles. The summed E-state index contributed by atoms with van der Waals surface area (Å²) in [6.07, 6.45) is 2.72. The van der Waals surface area contributed by atoms with E-state index in [0.717, 1.165) is 24.8 Å². The fourth-order valence-electron chi connectivity index (χ4n) is 5.74. The van der Waals surface area contributed by atoms with Gasteiger partial charge in [0.2, 0.25) is 10.0 Å². The highest BCUT2D eigenvalue weighted by Gasteiger charge is 2.30. The van der Waals surface area contributed by atoms with E-state index in [-0.39, 0.29) is 73.8 Å². The molecule has 0 spiro atoms. The van der Waals surface area contributed by atoms with Gasteiger partial charge in [0, 0.05) is 45.5 Å². The molecule has 1 aliphatic rings. The number of hydrogen-bond donors (Lipinski definition) is 1. The third-order valence-electron chi connectivity index (χ3n) is 8.32. The number of rotatable bonds is 22. The van der Waals surface area contributed by atoms with Crippen LogP contribution in [0.4, 0.5) is 0 Å². The molecule has 0 unspecified atom stereocenters. The van der Waals surface area contributed by atoms with Crippen LogP contribution in [0.3, 0.4) is 0 Å². The smallest absolute Gasteiger partial charge is 0.308 e. The third-order valence-corrected chi connectivity index (χ3v) is 10.2. The SMILES string of the molecule is CCCOc1ccc(S(=O)(=O)N2CCN(CCOC(=O)CCOC[C@@H](CO[N+](=O)[O-])O[N+](=O)[O-])CC2)cc1-c1nc2c(CCC)cn(CC)c2c(=O)[nH]1.Cl.Cl. The van der Waals surface area contributed by atoms with Crippen molar-refractivity contribution in [2.45, 2.75) is 64.0 Å². The zero-order valence-electron chi connectivity index (χ0n) is 30.7. The van der Waals surface area contributed by atoms with Crippen LogP contribution in [0.2, 0.25) is 0 Å². The van der Waals surface area contributed by atoms with E-state index in [1.54, 1.807) is 6.07 Å². The highest BCUT2D eigenvalue weighted by Crippen LogP contribution is 2.33. The predicted molar refractivity (Wildman–Crippen MR) is 202 cm³/mol. The summed E-state index contributed by atoms with van der Waals surface area (Å²) in [7, 11) is -3.95. The second-order valence-corrected chi connectivity index (χ2v) is 14.0. The second-order valence-electron chi connectivity index (χ2n) is 12.1. The molecule has 1 atom stereocenters. The molecule has 1 fully saturated rings. The fourth-order valence-corrected chi connectivity index (χ4v) is 7.19. The van der Waals surface area contributed by atoms with E-state index in [9.17, 15) is 38.2 Å². The van der Waals surface area contributed by atoms with Gasteiger partial charge < -0.3 is 33.4 Å². The highest BCUT2D eigenvalue weighted by molar-refractivity contribution is 7.89. The van der Waals surface area contributed by atoms with Crippen LogP contribution in [0, 0.1) is 20.2 Å². The maximum atomic E-state index is 13.9. The summed E-state index contributed by atoms with van der Waals surface area (Å²) < 4.78 is 47.3. The van der Waals surface area contributed by atoms with Gasteiger partial charge in [0.05, 0.1) is 42.2 Å². The molecule has 1 aliphatic heterocycles. The van der Waals surface area contributed by atoms with Gasteiger partial charge in [0.25, 0.3) is 15.7 Å². The first kappa shape index (κ1) is 46.9. The molecule has 23 heteroatoms. The molecule has 3 aromatic rings. The quantitative estimate of drug-likeness (QED) is 0.0662. The Bertz CT molecular complexity index is 1900. The summed E-state index contributed by atoms with van der Waals surface area (Å²) in [6, 6.07) is 4.57. The summed E-state index contributed by atoms with van der Waals surface area (Å²) in [5, 5.41) is 18.6. The van der Waals surface area contributed by atoms with Gasteiger partial charge in [-0.2, -0.15) is 4.31 Å². The number of ether oxygens (including phenoxy) is 3. The molecular formula is C32H47Cl2N7O13S. The molecular weight excluding hydrogens is 793 g/mol. The van der Waals surface area contributed by atoms with Crippen molar-refractivity contribution in [1.82, 2.24) is 23.7 Å². The van der Waals surface area contributed by atoms with Crippen LogP contribution in [0.15, 0.2) is 34.1 Å². The first-order valence-electron chi connectivity index (χ1n) is 17.3. The van der Waals surface area contributed by atoms with Crippen molar-refractivity contribution in [1.29, 1.82) is 0 Å². The maximum Gasteiger partial charge on any atom is 0.308 e. The minimum atomic E-state index is -3.95. The fraction of sp³-hybridized carbons (Fsp3) is 0.594. The Labute approximate surface area is 329 Å². The molecule has 2 aromatic heterocycles. The number of aromatic nitrogens is 3. The number of piperazine rings is 1. The highest BCUT2D eigenvalue weighted by atomic mass is 35.5. The molecule has 1 N–H and O–H groups in total. The molecule has 20 nitrogen and oxygen atoms in total. The molecule has 0 amide bonds. The van der Waals surface area contributed by atoms with E-state index in [1.165, 1.54) is 16.4 Å². The topological polar surface area (TPSA) is 241 Å². The van der Waals surface area contributed by atoms with Gasteiger partial charge in [0.1, 0.15) is 30.3 Å². The van der Waals surface area contributed by atoms with E-state index in [1.807, 2.05) is 36.4 Å². The van der Waals surface area contributed by atoms with Crippen molar-refractivity contribution in [3.8, 4) is 17.1 Å². The Morgan fingerprint density at radius 2 is 1.73 bits per heavy atom. The van der Waals surface area contributed by atoms with Crippen molar-refractivity contribution in [2.24, 2.45) is 0 Å². The summed E-state index contributed by atoms with van der Waals surface area (Å²) in [5.41, 5.74) is 2.03. The number of carbonyl (C=O) groups excluding carboxylic acids is 1. The number of sulfonamides is 1. The van der Waals surface area contributed by atoms with Crippen molar-refractivity contribution >= 4 is 51.8 Å².